The van der Waals surface area contributed by atoms with Gasteiger partial charge in [0.1, 0.15) is 11.5 Å². The van der Waals surface area contributed by atoms with Gasteiger partial charge in [0.25, 0.3) is 0 Å². The van der Waals surface area contributed by atoms with E-state index in [1.807, 2.05) is 29.1 Å². The number of carbonyl (C=O) groups is 1. The lowest BCUT2D eigenvalue weighted by Crippen LogP contribution is -2.32. The molecular weight excluding hydrogens is 390 g/mol. The molecule has 1 aliphatic rings. The number of rotatable bonds is 6. The van der Waals surface area contributed by atoms with Gasteiger partial charge < -0.3 is 14.8 Å². The first kappa shape index (κ1) is 21.0. The van der Waals surface area contributed by atoms with Crippen molar-refractivity contribution in [2.24, 2.45) is 0 Å². The van der Waals surface area contributed by atoms with E-state index in [0.29, 0.717) is 11.5 Å². The van der Waals surface area contributed by atoms with Gasteiger partial charge in [0.05, 0.1) is 38.6 Å². The van der Waals surface area contributed by atoms with E-state index in [4.69, 9.17) is 9.47 Å². The number of nitrogens with one attached hydrogen (secondary N) is 1. The second-order valence-electron chi connectivity index (χ2n) is 8.17. The summed E-state index contributed by atoms with van der Waals surface area (Å²) in [5.74, 6) is 1.35. The maximum Gasteiger partial charge on any atom is 0.225 e. The topological polar surface area (TPSA) is 65.4 Å². The van der Waals surface area contributed by atoms with Gasteiger partial charge in [0, 0.05) is 16.8 Å². The molecule has 31 heavy (non-hydrogen) atoms. The average molecular weight is 420 g/mol. The molecule has 0 fully saturated rings. The summed E-state index contributed by atoms with van der Waals surface area (Å²) in [4.78, 5) is 12.9. The monoisotopic (exact) mass is 419 g/mol. The lowest BCUT2D eigenvalue weighted by Gasteiger charge is -2.24. The smallest absolute Gasteiger partial charge is 0.225 e. The number of benzene rings is 2. The second kappa shape index (κ2) is 8.84. The van der Waals surface area contributed by atoms with Gasteiger partial charge in [-0.05, 0) is 74.6 Å². The minimum absolute atomic E-state index is 0.0347. The van der Waals surface area contributed by atoms with Crippen LogP contribution in [0.3, 0.4) is 0 Å². The molecule has 3 aromatic rings. The molecule has 0 aliphatic heterocycles. The number of ether oxygens (including phenoxy) is 2. The molecule has 0 bridgehead atoms. The van der Waals surface area contributed by atoms with Crippen molar-refractivity contribution in [1.82, 2.24) is 15.1 Å². The Bertz CT molecular complexity index is 1080. The number of aryl methyl sites for hydroxylation is 2. The molecule has 0 spiro atoms. The molecular formula is C25H29N3O3. The fourth-order valence-corrected chi connectivity index (χ4v) is 4.44. The number of hydrogen-bond acceptors (Lipinski definition) is 4. The van der Waals surface area contributed by atoms with E-state index in [1.165, 1.54) is 16.8 Å². The van der Waals surface area contributed by atoms with Crippen LogP contribution in [0, 0.1) is 13.8 Å². The number of hydrogen-bond donors (Lipinski definition) is 1. The molecule has 1 aromatic heterocycles. The quantitative estimate of drug-likeness (QED) is 0.649. The highest BCUT2D eigenvalue weighted by atomic mass is 16.5. The van der Waals surface area contributed by atoms with Gasteiger partial charge in [0.2, 0.25) is 5.91 Å². The molecule has 1 aliphatic carbocycles. The van der Waals surface area contributed by atoms with Crippen molar-refractivity contribution in [3.05, 3.63) is 70.5 Å². The van der Waals surface area contributed by atoms with Crippen LogP contribution in [-0.2, 0) is 17.6 Å². The largest absolute Gasteiger partial charge is 0.497 e. The van der Waals surface area contributed by atoms with Crippen molar-refractivity contribution in [3.8, 4) is 17.2 Å². The fourth-order valence-electron chi connectivity index (χ4n) is 4.44. The molecule has 1 atom stereocenters. The van der Waals surface area contributed by atoms with E-state index >= 15 is 0 Å². The van der Waals surface area contributed by atoms with E-state index in [2.05, 4.69) is 42.5 Å². The highest BCUT2D eigenvalue weighted by molar-refractivity contribution is 5.80. The van der Waals surface area contributed by atoms with Gasteiger partial charge in [-0.25, -0.2) is 4.68 Å². The molecule has 1 heterocycles. The maximum atomic E-state index is 12.9. The first-order valence-electron chi connectivity index (χ1n) is 10.6. The number of carbonyl (C=O) groups excluding carboxylic acids is 1. The van der Waals surface area contributed by atoms with Gasteiger partial charge in [-0.2, -0.15) is 5.10 Å². The van der Waals surface area contributed by atoms with Gasteiger partial charge >= 0.3 is 0 Å². The summed E-state index contributed by atoms with van der Waals surface area (Å²) < 4.78 is 12.7. The third-order valence-electron chi connectivity index (χ3n) is 5.81. The SMILES string of the molecule is COc1ccc(OC)c(CC(=O)NC2CCCc3c2cnn3-c2cc(C)cc(C)c2)c1. The van der Waals surface area contributed by atoms with E-state index in [9.17, 15) is 4.79 Å². The highest BCUT2D eigenvalue weighted by Crippen LogP contribution is 2.32. The molecule has 1 amide bonds. The molecule has 0 saturated carbocycles. The van der Waals surface area contributed by atoms with Crippen molar-refractivity contribution >= 4 is 5.91 Å². The van der Waals surface area contributed by atoms with Crippen LogP contribution in [0.2, 0.25) is 0 Å². The third kappa shape index (κ3) is 4.43. The van der Waals surface area contributed by atoms with E-state index in [-0.39, 0.29) is 18.4 Å². The number of amides is 1. The standard InChI is InChI=1S/C25H29N3O3/c1-16-10-17(2)12-19(11-16)28-23-7-5-6-22(21(23)15-26-28)27-25(29)14-18-13-20(30-3)8-9-24(18)31-4/h8-13,15,22H,5-7,14H2,1-4H3,(H,27,29). The molecule has 4 rings (SSSR count). The van der Waals surface area contributed by atoms with Crippen LogP contribution in [0.5, 0.6) is 11.5 Å². The Labute approximate surface area is 183 Å². The Hall–Kier alpha value is -3.28. The summed E-state index contributed by atoms with van der Waals surface area (Å²) >= 11 is 0. The Balaban J connectivity index is 1.54. The predicted octanol–water partition coefficient (Wildman–Crippen LogP) is 4.24. The van der Waals surface area contributed by atoms with Crippen molar-refractivity contribution in [2.45, 2.75) is 45.6 Å². The van der Waals surface area contributed by atoms with E-state index < -0.39 is 0 Å². The maximum absolute atomic E-state index is 12.9. The van der Waals surface area contributed by atoms with Crippen molar-refractivity contribution in [1.29, 1.82) is 0 Å². The van der Waals surface area contributed by atoms with Crippen LogP contribution in [0.1, 0.15) is 46.8 Å². The second-order valence-corrected chi connectivity index (χ2v) is 8.17. The first-order valence-corrected chi connectivity index (χ1v) is 10.6. The lowest BCUT2D eigenvalue weighted by atomic mass is 9.92. The van der Waals surface area contributed by atoms with Gasteiger partial charge in [-0.1, -0.05) is 6.07 Å². The zero-order valence-electron chi connectivity index (χ0n) is 18.6. The normalized spacial score (nSPS) is 15.3. The van der Waals surface area contributed by atoms with Crippen LogP contribution in [-0.4, -0.2) is 29.9 Å². The van der Waals surface area contributed by atoms with Crippen molar-refractivity contribution in [2.75, 3.05) is 14.2 Å². The molecule has 0 radical (unpaired) electrons. The minimum atomic E-state index is -0.0384. The number of aromatic nitrogens is 2. The summed E-state index contributed by atoms with van der Waals surface area (Å²) in [7, 11) is 3.22. The number of nitrogens with zero attached hydrogens (tertiary/aromatic N) is 2. The predicted molar refractivity (Wildman–Crippen MR) is 120 cm³/mol. The van der Waals surface area contributed by atoms with Crippen LogP contribution < -0.4 is 14.8 Å². The zero-order chi connectivity index (χ0) is 22.0. The molecule has 6 heteroatoms. The van der Waals surface area contributed by atoms with E-state index in [0.717, 1.165) is 36.1 Å². The van der Waals surface area contributed by atoms with Gasteiger partial charge in [-0.3, -0.25) is 4.79 Å². The minimum Gasteiger partial charge on any atom is -0.497 e. The lowest BCUT2D eigenvalue weighted by molar-refractivity contribution is -0.121. The summed E-state index contributed by atoms with van der Waals surface area (Å²) in [6.07, 6.45) is 5.02. The highest BCUT2D eigenvalue weighted by Gasteiger charge is 2.26. The van der Waals surface area contributed by atoms with Crippen molar-refractivity contribution < 1.29 is 14.3 Å². The summed E-state index contributed by atoms with van der Waals surface area (Å²) in [5, 5.41) is 7.88. The Kier molecular flexibility index (Phi) is 5.98. The van der Waals surface area contributed by atoms with Gasteiger partial charge in [-0.15, -0.1) is 0 Å². The molecule has 162 valence electrons. The van der Waals surface area contributed by atoms with Crippen LogP contribution in [0.4, 0.5) is 0 Å². The van der Waals surface area contributed by atoms with Crippen LogP contribution in [0.15, 0.2) is 42.6 Å². The van der Waals surface area contributed by atoms with E-state index in [1.54, 1.807) is 14.2 Å². The summed E-state index contributed by atoms with van der Waals surface area (Å²) in [6, 6.07) is 11.9. The first-order chi connectivity index (χ1) is 15.0. The summed E-state index contributed by atoms with van der Waals surface area (Å²) in [5.41, 5.74) is 6.60. The molecule has 1 unspecified atom stereocenters. The van der Waals surface area contributed by atoms with Gasteiger partial charge in [0.15, 0.2) is 0 Å². The summed E-state index contributed by atoms with van der Waals surface area (Å²) in [6.45, 7) is 4.20. The number of methoxy groups -OCH3 is 2. The van der Waals surface area contributed by atoms with Crippen molar-refractivity contribution in [3.63, 3.8) is 0 Å². The fraction of sp³-hybridized carbons (Fsp3) is 0.360. The van der Waals surface area contributed by atoms with Crippen LogP contribution in [0.25, 0.3) is 5.69 Å². The number of fused-ring (bicyclic) bond motifs is 1. The molecule has 1 N–H and O–H groups in total. The average Bonchev–Trinajstić information content (AvgIpc) is 3.18. The Morgan fingerprint density at radius 2 is 1.90 bits per heavy atom. The molecule has 2 aromatic carbocycles. The van der Waals surface area contributed by atoms with Crippen LogP contribution >= 0.6 is 0 Å². The Morgan fingerprint density at radius 1 is 1.13 bits per heavy atom. The molecule has 0 saturated heterocycles. The Morgan fingerprint density at radius 3 is 2.61 bits per heavy atom. The molecule has 6 nitrogen and oxygen atoms in total. The zero-order valence-corrected chi connectivity index (χ0v) is 18.6. The third-order valence-corrected chi connectivity index (χ3v) is 5.81.